The van der Waals surface area contributed by atoms with Crippen LogP contribution < -0.4 is 5.32 Å². The van der Waals surface area contributed by atoms with E-state index >= 15 is 0 Å². The fourth-order valence-corrected chi connectivity index (χ4v) is 2.02. The van der Waals surface area contributed by atoms with Crippen LogP contribution in [0.2, 0.25) is 0 Å². The molecule has 0 unspecified atom stereocenters. The van der Waals surface area contributed by atoms with Crippen LogP contribution in [0.1, 0.15) is 13.3 Å². The second-order valence-corrected chi connectivity index (χ2v) is 4.57. The summed E-state index contributed by atoms with van der Waals surface area (Å²) in [5.41, 5.74) is 2.33. The molecule has 3 heterocycles. The van der Waals surface area contributed by atoms with E-state index in [1.54, 1.807) is 12.4 Å². The maximum Gasteiger partial charge on any atom is 0.0950 e. The van der Waals surface area contributed by atoms with E-state index in [-0.39, 0.29) is 0 Å². The quantitative estimate of drug-likeness (QED) is 0.929. The summed E-state index contributed by atoms with van der Waals surface area (Å²) < 4.78 is 7.17. The largest absolute Gasteiger partial charge is 0.379 e. The lowest BCUT2D eigenvalue weighted by atomic mass is 10.2. The van der Waals surface area contributed by atoms with Crippen molar-refractivity contribution < 1.29 is 4.74 Å². The number of aryl methyl sites for hydroxylation is 1. The monoisotopic (exact) mass is 274 g/mol. The van der Waals surface area contributed by atoms with Gasteiger partial charge in [0.05, 0.1) is 31.4 Å². The van der Waals surface area contributed by atoms with Crippen molar-refractivity contribution in [1.82, 2.24) is 19.9 Å². The van der Waals surface area contributed by atoms with Crippen LogP contribution in [0.4, 0.5) is 0 Å². The number of imidazole rings is 1. The summed E-state index contributed by atoms with van der Waals surface area (Å²) in [4.78, 5) is 8.16. The van der Waals surface area contributed by atoms with Crippen LogP contribution in [0.5, 0.6) is 0 Å². The van der Waals surface area contributed by atoms with Crippen LogP contribution in [0.3, 0.4) is 0 Å². The van der Waals surface area contributed by atoms with E-state index in [0.717, 1.165) is 45.0 Å². The molecular weight excluding hydrogens is 252 g/mol. The molecule has 108 valence electrons. The first-order chi connectivity index (χ1) is 9.92. The highest BCUT2D eigenvalue weighted by Crippen LogP contribution is 2.17. The molecule has 1 aliphatic rings. The van der Waals surface area contributed by atoms with Gasteiger partial charge in [0, 0.05) is 37.6 Å². The van der Waals surface area contributed by atoms with Crippen LogP contribution in [0.25, 0.3) is 11.3 Å². The van der Waals surface area contributed by atoms with Crippen molar-refractivity contribution in [2.75, 3.05) is 26.3 Å². The molecule has 0 spiro atoms. The van der Waals surface area contributed by atoms with Crippen molar-refractivity contribution in [2.24, 2.45) is 0 Å². The number of nitrogens with zero attached hydrogens (tertiary/aromatic N) is 3. The van der Waals surface area contributed by atoms with Crippen LogP contribution >= 0.6 is 0 Å². The zero-order valence-electron chi connectivity index (χ0n) is 12.0. The average Bonchev–Trinajstić information content (AvgIpc) is 2.99. The van der Waals surface area contributed by atoms with Gasteiger partial charge in [-0.1, -0.05) is 6.92 Å². The first-order valence-corrected chi connectivity index (χ1v) is 7.11. The van der Waals surface area contributed by atoms with Crippen molar-refractivity contribution >= 4 is 0 Å². The molecular formula is C15H22N4O. The van der Waals surface area contributed by atoms with Gasteiger partial charge in [0.1, 0.15) is 0 Å². The number of morpholine rings is 1. The molecule has 5 nitrogen and oxygen atoms in total. The summed E-state index contributed by atoms with van der Waals surface area (Å²) in [6, 6.07) is 4.01. The highest BCUT2D eigenvalue weighted by atomic mass is 16.5. The summed E-state index contributed by atoms with van der Waals surface area (Å²) in [7, 11) is 0. The van der Waals surface area contributed by atoms with Crippen LogP contribution in [0.15, 0.2) is 37.1 Å². The fraction of sp³-hybridized carbons (Fsp3) is 0.467. The minimum atomic E-state index is 0.889. The molecule has 2 aromatic rings. The maximum absolute atomic E-state index is 5.01. The Morgan fingerprint density at radius 1 is 1.20 bits per heavy atom. The molecule has 1 saturated heterocycles. The van der Waals surface area contributed by atoms with E-state index in [4.69, 9.17) is 4.74 Å². The molecule has 5 heteroatoms. The van der Waals surface area contributed by atoms with E-state index in [0.29, 0.717) is 0 Å². The van der Waals surface area contributed by atoms with E-state index in [1.807, 2.05) is 24.7 Å². The molecule has 0 aromatic carbocycles. The van der Waals surface area contributed by atoms with Crippen molar-refractivity contribution in [1.29, 1.82) is 0 Å². The molecule has 2 aromatic heterocycles. The number of rotatable bonds is 3. The summed E-state index contributed by atoms with van der Waals surface area (Å²) in [5.74, 6) is 0. The summed E-state index contributed by atoms with van der Waals surface area (Å²) in [6.45, 7) is 7.01. The zero-order valence-corrected chi connectivity index (χ0v) is 12.0. The predicted octanol–water partition coefficient (Wildman–Crippen LogP) is 1.96. The predicted molar refractivity (Wildman–Crippen MR) is 79.4 cm³/mol. The van der Waals surface area contributed by atoms with Gasteiger partial charge in [-0.05, 0) is 18.6 Å². The minimum Gasteiger partial charge on any atom is -0.379 e. The van der Waals surface area contributed by atoms with Gasteiger partial charge < -0.3 is 14.6 Å². The lowest BCUT2D eigenvalue weighted by Gasteiger charge is -2.10. The highest BCUT2D eigenvalue weighted by Gasteiger charge is 2.02. The lowest BCUT2D eigenvalue weighted by molar-refractivity contribution is 0.109. The van der Waals surface area contributed by atoms with Crippen molar-refractivity contribution in [3.8, 4) is 11.3 Å². The molecule has 0 radical (unpaired) electrons. The van der Waals surface area contributed by atoms with Crippen molar-refractivity contribution in [3.05, 3.63) is 37.1 Å². The number of nitrogens with one attached hydrogen (secondary N) is 1. The maximum atomic E-state index is 5.01. The Balaban J connectivity index is 0.000000205. The first-order valence-electron chi connectivity index (χ1n) is 7.11. The Bertz CT molecular complexity index is 468. The SMILES string of the molecule is C1COCCN1.CCCn1cncc1-c1ccncc1. The third-order valence-electron chi connectivity index (χ3n) is 3.00. The lowest BCUT2D eigenvalue weighted by Crippen LogP contribution is -2.30. The highest BCUT2D eigenvalue weighted by molar-refractivity contribution is 5.57. The van der Waals surface area contributed by atoms with E-state index in [1.165, 1.54) is 5.56 Å². The Labute approximate surface area is 120 Å². The van der Waals surface area contributed by atoms with Gasteiger partial charge in [0.15, 0.2) is 0 Å². The van der Waals surface area contributed by atoms with Gasteiger partial charge >= 0.3 is 0 Å². The molecule has 1 N–H and O–H groups in total. The van der Waals surface area contributed by atoms with Gasteiger partial charge in [-0.2, -0.15) is 0 Å². The van der Waals surface area contributed by atoms with Crippen LogP contribution in [-0.2, 0) is 11.3 Å². The second-order valence-electron chi connectivity index (χ2n) is 4.57. The van der Waals surface area contributed by atoms with Gasteiger partial charge in [-0.3, -0.25) is 4.98 Å². The molecule has 0 atom stereocenters. The number of hydrogen-bond donors (Lipinski definition) is 1. The molecule has 0 amide bonds. The third-order valence-corrected chi connectivity index (χ3v) is 3.00. The Hall–Kier alpha value is -1.72. The average molecular weight is 274 g/mol. The normalized spacial score (nSPS) is 14.4. The topological polar surface area (TPSA) is 52.0 Å². The molecule has 3 rings (SSSR count). The van der Waals surface area contributed by atoms with Crippen LogP contribution in [-0.4, -0.2) is 40.8 Å². The van der Waals surface area contributed by atoms with E-state index in [9.17, 15) is 0 Å². The second kappa shape index (κ2) is 8.45. The third kappa shape index (κ3) is 4.43. The number of hydrogen-bond acceptors (Lipinski definition) is 4. The van der Waals surface area contributed by atoms with Crippen LogP contribution in [0, 0.1) is 0 Å². The molecule has 0 aliphatic carbocycles. The standard InChI is InChI=1S/C11H13N3.C4H9NO/c1-2-7-14-9-13-8-11(14)10-3-5-12-6-4-10;1-3-6-4-2-5-1/h3-6,8-9H,2,7H2,1H3;5H,1-4H2. The Morgan fingerprint density at radius 3 is 2.50 bits per heavy atom. The molecule has 0 bridgehead atoms. The summed E-state index contributed by atoms with van der Waals surface area (Å²) >= 11 is 0. The van der Waals surface area contributed by atoms with Gasteiger partial charge in [-0.15, -0.1) is 0 Å². The van der Waals surface area contributed by atoms with Gasteiger partial charge in [0.2, 0.25) is 0 Å². The van der Waals surface area contributed by atoms with E-state index < -0.39 is 0 Å². The summed E-state index contributed by atoms with van der Waals surface area (Å²) in [5, 5.41) is 3.16. The van der Waals surface area contributed by atoms with Gasteiger partial charge in [0.25, 0.3) is 0 Å². The first kappa shape index (κ1) is 14.7. The Kier molecular flexibility index (Phi) is 6.20. The summed E-state index contributed by atoms with van der Waals surface area (Å²) in [6.07, 6.45) is 8.50. The fourth-order valence-electron chi connectivity index (χ4n) is 2.02. The number of ether oxygens (including phenoxy) is 1. The smallest absolute Gasteiger partial charge is 0.0950 e. The van der Waals surface area contributed by atoms with Crippen molar-refractivity contribution in [3.63, 3.8) is 0 Å². The number of pyridine rings is 1. The molecule has 1 fully saturated rings. The van der Waals surface area contributed by atoms with Crippen molar-refractivity contribution in [2.45, 2.75) is 19.9 Å². The molecule has 0 saturated carbocycles. The number of aromatic nitrogens is 3. The molecule has 1 aliphatic heterocycles. The Morgan fingerprint density at radius 2 is 1.95 bits per heavy atom. The molecule has 20 heavy (non-hydrogen) atoms. The zero-order chi connectivity index (χ0) is 14.0. The van der Waals surface area contributed by atoms with Gasteiger partial charge in [-0.25, -0.2) is 4.98 Å². The van der Waals surface area contributed by atoms with E-state index in [2.05, 4.69) is 26.8 Å². The minimum absolute atomic E-state index is 0.889.